The van der Waals surface area contributed by atoms with Gasteiger partial charge in [0.25, 0.3) is 0 Å². The lowest BCUT2D eigenvalue weighted by atomic mass is 10.0. The van der Waals surface area contributed by atoms with Gasteiger partial charge in [0.15, 0.2) is 9.84 Å². The molecule has 2 atom stereocenters. The van der Waals surface area contributed by atoms with E-state index < -0.39 is 56.9 Å². The molecule has 11 heteroatoms. The van der Waals surface area contributed by atoms with Crippen LogP contribution in [0.15, 0.2) is 30.3 Å². The fourth-order valence-corrected chi connectivity index (χ4v) is 5.12. The molecule has 0 spiro atoms. The number of ether oxygens (including phenoxy) is 2. The predicted octanol–water partition coefficient (Wildman–Crippen LogP) is 1.10. The highest BCUT2D eigenvalue weighted by Gasteiger charge is 2.35. The van der Waals surface area contributed by atoms with E-state index in [1.54, 1.807) is 51.1 Å². The molecule has 1 aliphatic heterocycles. The van der Waals surface area contributed by atoms with Crippen LogP contribution in [0.25, 0.3) is 0 Å². The average molecular weight is 485 g/mol. The number of carboxylic acids is 1. The van der Waals surface area contributed by atoms with Gasteiger partial charge in [0.05, 0.1) is 30.6 Å². The second-order valence-corrected chi connectivity index (χ2v) is 11.1. The van der Waals surface area contributed by atoms with E-state index in [0.717, 1.165) is 0 Å². The molecule has 0 aliphatic carbocycles. The zero-order chi connectivity index (χ0) is 24.6. The zero-order valence-corrected chi connectivity index (χ0v) is 20.0. The Bertz CT molecular complexity index is 921. The number of hydrogen-bond donors (Lipinski definition) is 2. The number of morpholine rings is 1. The molecule has 1 heterocycles. The summed E-state index contributed by atoms with van der Waals surface area (Å²) >= 11 is 0. The predicted molar refractivity (Wildman–Crippen MR) is 120 cm³/mol. The minimum atomic E-state index is -4.05. The molecule has 0 radical (unpaired) electrons. The Kier molecular flexibility index (Phi) is 9.24. The Labute approximate surface area is 194 Å². The van der Waals surface area contributed by atoms with Crippen LogP contribution in [0.1, 0.15) is 26.3 Å². The van der Waals surface area contributed by atoms with Crippen LogP contribution >= 0.6 is 0 Å². The number of nitrogens with zero attached hydrogens (tertiary/aromatic N) is 1. The second-order valence-electron chi connectivity index (χ2n) is 8.94. The number of carboxylic acid groups (broad SMARTS) is 1. The van der Waals surface area contributed by atoms with Gasteiger partial charge in [-0.1, -0.05) is 30.3 Å². The monoisotopic (exact) mass is 484 g/mol. The molecule has 33 heavy (non-hydrogen) atoms. The molecule has 0 saturated carbocycles. The molecule has 0 aromatic heterocycles. The number of rotatable bonds is 9. The molecule has 1 aromatic carbocycles. The van der Waals surface area contributed by atoms with Gasteiger partial charge in [-0.2, -0.15) is 0 Å². The molecular weight excluding hydrogens is 452 g/mol. The fourth-order valence-electron chi connectivity index (χ4n) is 3.37. The number of sulfone groups is 1. The molecule has 1 unspecified atom stereocenters. The first-order valence-electron chi connectivity index (χ1n) is 10.7. The van der Waals surface area contributed by atoms with Crippen molar-refractivity contribution >= 4 is 27.8 Å². The number of carbonyl (C=O) groups is 3. The van der Waals surface area contributed by atoms with E-state index in [2.05, 4.69) is 5.32 Å². The van der Waals surface area contributed by atoms with E-state index in [-0.39, 0.29) is 19.5 Å². The lowest BCUT2D eigenvalue weighted by molar-refractivity contribution is -0.141. The van der Waals surface area contributed by atoms with Crippen LogP contribution in [0, 0.1) is 5.92 Å². The molecule has 1 aliphatic rings. The van der Waals surface area contributed by atoms with E-state index in [9.17, 15) is 27.9 Å². The maximum atomic E-state index is 13.0. The van der Waals surface area contributed by atoms with Crippen molar-refractivity contribution in [2.45, 2.75) is 38.8 Å². The number of amides is 2. The lowest BCUT2D eigenvalue weighted by Gasteiger charge is -2.31. The van der Waals surface area contributed by atoms with E-state index in [4.69, 9.17) is 9.47 Å². The normalized spacial score (nSPS) is 16.5. The fraction of sp³-hybridized carbons (Fsp3) is 0.591. The van der Waals surface area contributed by atoms with Crippen LogP contribution in [0.3, 0.4) is 0 Å². The summed E-state index contributed by atoms with van der Waals surface area (Å²) in [6, 6.07) is 7.29. The first-order chi connectivity index (χ1) is 15.4. The Morgan fingerprint density at radius 3 is 2.27 bits per heavy atom. The van der Waals surface area contributed by atoms with Crippen molar-refractivity contribution in [1.82, 2.24) is 10.2 Å². The van der Waals surface area contributed by atoms with Gasteiger partial charge in [-0.3, -0.25) is 9.59 Å². The summed E-state index contributed by atoms with van der Waals surface area (Å²) in [6.45, 7) is 6.05. The number of alkyl carbamates (subject to hydrolysis) is 1. The molecule has 1 saturated heterocycles. The van der Waals surface area contributed by atoms with Crippen LogP contribution in [-0.2, 0) is 35.3 Å². The quantitative estimate of drug-likeness (QED) is 0.531. The summed E-state index contributed by atoms with van der Waals surface area (Å²) < 4.78 is 36.3. The third-order valence-electron chi connectivity index (χ3n) is 4.86. The molecule has 2 amide bonds. The standard InChI is InChI=1S/C22H32N2O8S/c1-22(2,3)32-21(28)23-18(19(25)24-9-11-31-12-10-24)15-33(29,30)14-17(20(26)27)13-16-7-5-4-6-8-16/h4-8,17-18H,9-15H2,1-3H3,(H,23,28)(H,26,27)/t17?,18-/m0/s1. The van der Waals surface area contributed by atoms with Gasteiger partial charge in [0.2, 0.25) is 5.91 Å². The second kappa shape index (κ2) is 11.5. The van der Waals surface area contributed by atoms with E-state index in [1.807, 2.05) is 0 Å². The summed E-state index contributed by atoms with van der Waals surface area (Å²) in [4.78, 5) is 38.5. The Hall–Kier alpha value is -2.66. The smallest absolute Gasteiger partial charge is 0.408 e. The SMILES string of the molecule is CC(C)(C)OC(=O)N[C@@H](CS(=O)(=O)CC(Cc1ccccc1)C(=O)O)C(=O)N1CCOCC1. The number of hydrogen-bond acceptors (Lipinski definition) is 7. The molecule has 1 fully saturated rings. The van der Waals surface area contributed by atoms with E-state index >= 15 is 0 Å². The van der Waals surface area contributed by atoms with Gasteiger partial charge in [-0.15, -0.1) is 0 Å². The number of nitrogens with one attached hydrogen (secondary N) is 1. The van der Waals surface area contributed by atoms with Crippen molar-refractivity contribution in [2.75, 3.05) is 37.8 Å². The molecule has 2 rings (SSSR count). The van der Waals surface area contributed by atoms with Crippen LogP contribution in [0.2, 0.25) is 0 Å². The van der Waals surface area contributed by atoms with E-state index in [1.165, 1.54) is 4.90 Å². The molecule has 1 aromatic rings. The summed E-state index contributed by atoms with van der Waals surface area (Å²) in [5.41, 5.74) is -0.160. The number of aliphatic carboxylic acids is 1. The van der Waals surface area contributed by atoms with Crippen LogP contribution in [-0.4, -0.2) is 85.8 Å². The van der Waals surface area contributed by atoms with Crippen molar-refractivity contribution < 1.29 is 37.4 Å². The summed E-state index contributed by atoms with van der Waals surface area (Å²) in [7, 11) is -4.05. The first-order valence-corrected chi connectivity index (χ1v) is 12.5. The Morgan fingerprint density at radius 1 is 1.12 bits per heavy atom. The number of carbonyl (C=O) groups excluding carboxylic acids is 2. The van der Waals surface area contributed by atoms with Crippen molar-refractivity contribution in [3.8, 4) is 0 Å². The average Bonchev–Trinajstić information content (AvgIpc) is 2.72. The van der Waals surface area contributed by atoms with Crippen molar-refractivity contribution in [3.63, 3.8) is 0 Å². The summed E-state index contributed by atoms with van der Waals surface area (Å²) in [6.07, 6.45) is -0.903. The van der Waals surface area contributed by atoms with Crippen molar-refractivity contribution in [2.24, 2.45) is 5.92 Å². The highest BCUT2D eigenvalue weighted by Crippen LogP contribution is 2.15. The lowest BCUT2D eigenvalue weighted by Crippen LogP contribution is -2.55. The Balaban J connectivity index is 2.17. The molecule has 10 nitrogen and oxygen atoms in total. The summed E-state index contributed by atoms with van der Waals surface area (Å²) in [5, 5.41) is 11.9. The summed E-state index contributed by atoms with van der Waals surface area (Å²) in [5.74, 6) is -4.43. The maximum absolute atomic E-state index is 13.0. The third-order valence-corrected chi connectivity index (χ3v) is 6.61. The third kappa shape index (κ3) is 9.39. The highest BCUT2D eigenvalue weighted by atomic mass is 32.2. The van der Waals surface area contributed by atoms with Crippen LogP contribution in [0.4, 0.5) is 4.79 Å². The van der Waals surface area contributed by atoms with Crippen molar-refractivity contribution in [1.29, 1.82) is 0 Å². The van der Waals surface area contributed by atoms with Gasteiger partial charge in [0.1, 0.15) is 11.6 Å². The van der Waals surface area contributed by atoms with Gasteiger partial charge in [0, 0.05) is 13.1 Å². The zero-order valence-electron chi connectivity index (χ0n) is 19.2. The Morgan fingerprint density at radius 2 is 1.73 bits per heavy atom. The van der Waals surface area contributed by atoms with Gasteiger partial charge in [-0.25, -0.2) is 13.2 Å². The van der Waals surface area contributed by atoms with Gasteiger partial charge >= 0.3 is 12.1 Å². The minimum absolute atomic E-state index is 0.0248. The van der Waals surface area contributed by atoms with Crippen LogP contribution < -0.4 is 5.32 Å². The molecule has 2 N–H and O–H groups in total. The number of benzene rings is 1. The van der Waals surface area contributed by atoms with Gasteiger partial charge in [-0.05, 0) is 32.8 Å². The van der Waals surface area contributed by atoms with Gasteiger partial charge < -0.3 is 24.8 Å². The van der Waals surface area contributed by atoms with Crippen molar-refractivity contribution in [3.05, 3.63) is 35.9 Å². The molecule has 184 valence electrons. The van der Waals surface area contributed by atoms with Crippen LogP contribution in [0.5, 0.6) is 0 Å². The topological polar surface area (TPSA) is 139 Å². The molecular formula is C22H32N2O8S. The highest BCUT2D eigenvalue weighted by molar-refractivity contribution is 7.91. The van der Waals surface area contributed by atoms with E-state index in [0.29, 0.717) is 18.8 Å². The largest absolute Gasteiger partial charge is 0.481 e. The maximum Gasteiger partial charge on any atom is 0.408 e. The first kappa shape index (κ1) is 26.6. The molecule has 0 bridgehead atoms. The minimum Gasteiger partial charge on any atom is -0.481 e.